The lowest BCUT2D eigenvalue weighted by Gasteiger charge is -2.18. The molecule has 0 unspecified atom stereocenters. The Kier molecular flexibility index (Phi) is 7.41. The summed E-state index contributed by atoms with van der Waals surface area (Å²) in [5.41, 5.74) is -0.648. The third kappa shape index (κ3) is 6.51. The van der Waals surface area contributed by atoms with Crippen LogP contribution in [0.25, 0.3) is 5.69 Å². The number of amides is 1. The summed E-state index contributed by atoms with van der Waals surface area (Å²) in [4.78, 5) is 17.9. The van der Waals surface area contributed by atoms with Gasteiger partial charge in [0.15, 0.2) is 0 Å². The maximum absolute atomic E-state index is 13.1. The Hall–Kier alpha value is -3.47. The second kappa shape index (κ2) is 10.2. The van der Waals surface area contributed by atoms with Gasteiger partial charge < -0.3 is 10.1 Å². The molecule has 1 heterocycles. The monoisotopic (exact) mass is 451 g/mol. The maximum Gasteiger partial charge on any atom is 0.416 e. The molecule has 170 valence electrons. The highest BCUT2D eigenvalue weighted by Gasteiger charge is 2.31. The van der Waals surface area contributed by atoms with Gasteiger partial charge in [0.1, 0.15) is 24.2 Å². The number of rotatable bonds is 9. The molecule has 1 aromatic heterocycles. The van der Waals surface area contributed by atoms with E-state index in [4.69, 9.17) is 4.74 Å². The summed E-state index contributed by atoms with van der Waals surface area (Å²) in [5.74, 6) is -0.291. The van der Waals surface area contributed by atoms with Crippen molar-refractivity contribution in [2.45, 2.75) is 12.6 Å². The van der Waals surface area contributed by atoms with E-state index >= 15 is 0 Å². The van der Waals surface area contributed by atoms with Crippen molar-refractivity contribution in [1.29, 1.82) is 0 Å². The Labute approximate surface area is 181 Å². The molecule has 0 saturated carbocycles. The smallest absolute Gasteiger partial charge is 0.416 e. The predicted molar refractivity (Wildman–Crippen MR) is 109 cm³/mol. The average Bonchev–Trinajstić information content (AvgIpc) is 3.26. The van der Waals surface area contributed by atoms with Gasteiger partial charge in [0.25, 0.3) is 0 Å². The Morgan fingerprint density at radius 2 is 1.94 bits per heavy atom. The first kappa shape index (κ1) is 23.2. The number of aromatic nitrogens is 3. The van der Waals surface area contributed by atoms with Crippen molar-refractivity contribution >= 4 is 11.6 Å². The topological polar surface area (TPSA) is 72.3 Å². The molecule has 7 nitrogen and oxygen atoms in total. The first-order valence-corrected chi connectivity index (χ1v) is 9.65. The van der Waals surface area contributed by atoms with Crippen LogP contribution in [0.2, 0.25) is 0 Å². The Morgan fingerprint density at radius 3 is 2.59 bits per heavy atom. The van der Waals surface area contributed by atoms with Gasteiger partial charge in [-0.05, 0) is 55.9 Å². The number of likely N-dealkylation sites (N-methyl/N-ethyl adjacent to an activating group) is 1. The van der Waals surface area contributed by atoms with Gasteiger partial charge >= 0.3 is 6.18 Å². The van der Waals surface area contributed by atoms with Gasteiger partial charge in [-0.2, -0.15) is 18.3 Å². The second-order valence-corrected chi connectivity index (χ2v) is 7.01. The zero-order chi connectivity index (χ0) is 23.1. The molecule has 0 spiro atoms. The molecule has 0 aliphatic carbocycles. The fourth-order valence-electron chi connectivity index (χ4n) is 2.91. The standard InChI is InChI=1S/C21H21F4N5O2/c1-29(9-2-10-32-17-6-4-16(22)5-7-17)12-20(31)28-18-11-15(21(23,24)25)3-8-19(18)30-14-26-13-27-30/h3-8,11,13-14H,2,9-10,12H2,1H3,(H,28,31). The van der Waals surface area contributed by atoms with Gasteiger partial charge in [0.2, 0.25) is 5.91 Å². The van der Waals surface area contributed by atoms with Gasteiger partial charge in [-0.3, -0.25) is 9.69 Å². The summed E-state index contributed by atoms with van der Waals surface area (Å²) in [7, 11) is 1.71. The maximum atomic E-state index is 13.1. The third-order valence-corrected chi connectivity index (χ3v) is 4.44. The summed E-state index contributed by atoms with van der Waals surface area (Å²) in [6.07, 6.45) is -1.40. The molecular weight excluding hydrogens is 430 g/mol. The Bertz CT molecular complexity index is 1020. The van der Waals surface area contributed by atoms with Crippen LogP contribution in [-0.2, 0) is 11.0 Å². The fraction of sp³-hybridized carbons (Fsp3) is 0.286. The van der Waals surface area contributed by atoms with Gasteiger partial charge in [0.05, 0.1) is 30.1 Å². The number of halogens is 4. The van der Waals surface area contributed by atoms with Crippen molar-refractivity contribution in [3.05, 3.63) is 66.5 Å². The van der Waals surface area contributed by atoms with Crippen molar-refractivity contribution in [1.82, 2.24) is 19.7 Å². The molecule has 0 bridgehead atoms. The minimum atomic E-state index is -4.55. The molecule has 0 fully saturated rings. The van der Waals surface area contributed by atoms with E-state index in [1.165, 1.54) is 47.7 Å². The zero-order valence-electron chi connectivity index (χ0n) is 17.1. The van der Waals surface area contributed by atoms with Crippen molar-refractivity contribution in [3.8, 4) is 11.4 Å². The van der Waals surface area contributed by atoms with Crippen LogP contribution in [0, 0.1) is 5.82 Å². The molecule has 2 aromatic carbocycles. The van der Waals surface area contributed by atoms with E-state index in [0.717, 1.165) is 12.1 Å². The summed E-state index contributed by atoms with van der Waals surface area (Å²) in [5, 5.41) is 6.44. The zero-order valence-corrected chi connectivity index (χ0v) is 17.1. The van der Waals surface area contributed by atoms with Crippen molar-refractivity contribution < 1.29 is 27.1 Å². The van der Waals surface area contributed by atoms with Crippen LogP contribution in [0.15, 0.2) is 55.1 Å². The number of benzene rings is 2. The number of hydrogen-bond acceptors (Lipinski definition) is 5. The molecule has 0 aliphatic rings. The molecule has 0 radical (unpaired) electrons. The largest absolute Gasteiger partial charge is 0.494 e. The lowest BCUT2D eigenvalue weighted by atomic mass is 10.1. The molecular formula is C21H21F4N5O2. The average molecular weight is 451 g/mol. The van der Waals surface area contributed by atoms with E-state index in [-0.39, 0.29) is 23.7 Å². The fourth-order valence-corrected chi connectivity index (χ4v) is 2.91. The van der Waals surface area contributed by atoms with Crippen molar-refractivity contribution in [2.75, 3.05) is 32.1 Å². The number of nitrogens with zero attached hydrogens (tertiary/aromatic N) is 4. The van der Waals surface area contributed by atoms with Gasteiger partial charge in [-0.15, -0.1) is 0 Å². The minimum Gasteiger partial charge on any atom is -0.494 e. The number of hydrogen-bond donors (Lipinski definition) is 1. The Balaban J connectivity index is 1.55. The number of carbonyl (C=O) groups is 1. The minimum absolute atomic E-state index is 0.0247. The van der Waals surface area contributed by atoms with E-state index in [9.17, 15) is 22.4 Å². The predicted octanol–water partition coefficient (Wildman–Crippen LogP) is 3.76. The summed E-state index contributed by atoms with van der Waals surface area (Å²) < 4.78 is 59.0. The molecule has 32 heavy (non-hydrogen) atoms. The third-order valence-electron chi connectivity index (χ3n) is 4.44. The molecule has 0 saturated heterocycles. The van der Waals surface area contributed by atoms with Crippen LogP contribution in [0.5, 0.6) is 5.75 Å². The summed E-state index contributed by atoms with van der Waals surface area (Å²) in [6, 6.07) is 8.65. The van der Waals surface area contributed by atoms with Crippen molar-refractivity contribution in [3.63, 3.8) is 0 Å². The lowest BCUT2D eigenvalue weighted by molar-refractivity contribution is -0.137. The highest BCUT2D eigenvalue weighted by Crippen LogP contribution is 2.33. The summed E-state index contributed by atoms with van der Waals surface area (Å²) in [6.45, 7) is 0.832. The van der Waals surface area contributed by atoms with Gasteiger partial charge in [-0.25, -0.2) is 14.1 Å². The molecule has 3 rings (SSSR count). The Morgan fingerprint density at radius 1 is 1.19 bits per heavy atom. The van der Waals surface area contributed by atoms with Crippen LogP contribution in [0.4, 0.5) is 23.2 Å². The molecule has 0 atom stereocenters. The number of anilines is 1. The summed E-state index contributed by atoms with van der Waals surface area (Å²) >= 11 is 0. The molecule has 1 amide bonds. The highest BCUT2D eigenvalue weighted by atomic mass is 19.4. The number of nitrogens with one attached hydrogen (secondary N) is 1. The molecule has 3 aromatic rings. The molecule has 11 heteroatoms. The van der Waals surface area contributed by atoms with Crippen LogP contribution in [-0.4, -0.2) is 52.3 Å². The van der Waals surface area contributed by atoms with Crippen LogP contribution in [0.1, 0.15) is 12.0 Å². The number of alkyl halides is 3. The quantitative estimate of drug-likeness (QED) is 0.396. The first-order valence-electron chi connectivity index (χ1n) is 9.65. The van der Waals surface area contributed by atoms with Crippen LogP contribution in [0.3, 0.4) is 0 Å². The van der Waals surface area contributed by atoms with Crippen molar-refractivity contribution in [2.24, 2.45) is 0 Å². The van der Waals surface area contributed by atoms with E-state index < -0.39 is 17.6 Å². The normalized spacial score (nSPS) is 11.6. The highest BCUT2D eigenvalue weighted by molar-refractivity contribution is 5.94. The van der Waals surface area contributed by atoms with Crippen LogP contribution < -0.4 is 10.1 Å². The van der Waals surface area contributed by atoms with Gasteiger partial charge in [0, 0.05) is 6.54 Å². The SMILES string of the molecule is CN(CCCOc1ccc(F)cc1)CC(=O)Nc1cc(C(F)(F)F)ccc1-n1cncn1. The van der Waals surface area contributed by atoms with E-state index in [0.29, 0.717) is 25.3 Å². The van der Waals surface area contributed by atoms with Crippen LogP contribution >= 0.6 is 0 Å². The number of ether oxygens (including phenoxy) is 1. The first-order chi connectivity index (χ1) is 15.2. The van der Waals surface area contributed by atoms with E-state index in [2.05, 4.69) is 15.4 Å². The van der Waals surface area contributed by atoms with E-state index in [1.807, 2.05) is 0 Å². The lowest BCUT2D eigenvalue weighted by Crippen LogP contribution is -2.31. The molecule has 1 N–H and O–H groups in total. The molecule has 0 aliphatic heterocycles. The van der Waals surface area contributed by atoms with E-state index in [1.54, 1.807) is 11.9 Å². The number of carbonyl (C=O) groups excluding carboxylic acids is 1. The van der Waals surface area contributed by atoms with Gasteiger partial charge in [-0.1, -0.05) is 0 Å². The second-order valence-electron chi connectivity index (χ2n) is 7.01.